The van der Waals surface area contributed by atoms with Gasteiger partial charge in [0, 0.05) is 23.4 Å². The van der Waals surface area contributed by atoms with Crippen LogP contribution in [0.25, 0.3) is 11.4 Å². The molecule has 0 saturated carbocycles. The highest BCUT2D eigenvalue weighted by Gasteiger charge is 2.17. The molecular weight excluding hydrogens is 404 g/mol. The molecule has 0 radical (unpaired) electrons. The summed E-state index contributed by atoms with van der Waals surface area (Å²) in [6.45, 7) is 6.43. The lowest BCUT2D eigenvalue weighted by Crippen LogP contribution is -2.16. The number of nitro groups is 1. The van der Waals surface area contributed by atoms with E-state index < -0.39 is 4.92 Å². The number of thioether (sulfide) groups is 1. The fraction of sp³-hybridized carbons (Fsp3) is 0.250. The number of carbonyl (C=O) groups excluding carboxylic acids is 1. The highest BCUT2D eigenvalue weighted by Crippen LogP contribution is 2.26. The van der Waals surface area contributed by atoms with Crippen LogP contribution in [0.3, 0.4) is 0 Å². The number of benzene rings is 2. The van der Waals surface area contributed by atoms with Gasteiger partial charge in [-0.25, -0.2) is 4.68 Å². The van der Waals surface area contributed by atoms with E-state index >= 15 is 0 Å². The molecule has 1 amide bonds. The number of nitrogens with zero attached hydrogens (tertiary/aromatic N) is 4. The van der Waals surface area contributed by atoms with E-state index in [0.29, 0.717) is 16.7 Å². The van der Waals surface area contributed by atoms with Gasteiger partial charge in [0.05, 0.1) is 10.7 Å². The molecule has 0 fully saturated rings. The molecule has 0 aliphatic heterocycles. The van der Waals surface area contributed by atoms with Crippen molar-refractivity contribution in [3.63, 3.8) is 0 Å². The number of nitrogen functional groups attached to an aromatic ring is 1. The summed E-state index contributed by atoms with van der Waals surface area (Å²) in [6.07, 6.45) is 0. The predicted molar refractivity (Wildman–Crippen MR) is 117 cm³/mol. The van der Waals surface area contributed by atoms with Gasteiger partial charge in [-0.15, -0.1) is 10.2 Å². The SMILES string of the molecule is CC(C)(C)c1ccc(-c2nnc(SCC(=O)Nc3ccc([N+](=O)[O-])cc3)n2N)cc1. The van der Waals surface area contributed by atoms with Crippen LogP contribution in [0.15, 0.2) is 53.7 Å². The van der Waals surface area contributed by atoms with E-state index in [9.17, 15) is 14.9 Å². The molecule has 0 unspecified atom stereocenters. The van der Waals surface area contributed by atoms with Gasteiger partial charge in [0.15, 0.2) is 5.82 Å². The summed E-state index contributed by atoms with van der Waals surface area (Å²) < 4.78 is 1.36. The number of amides is 1. The van der Waals surface area contributed by atoms with Crippen LogP contribution in [0.4, 0.5) is 11.4 Å². The minimum Gasteiger partial charge on any atom is -0.335 e. The third-order valence-electron chi connectivity index (χ3n) is 4.37. The molecule has 0 aliphatic rings. The second-order valence-electron chi connectivity index (χ2n) is 7.64. The van der Waals surface area contributed by atoms with Gasteiger partial charge in [-0.05, 0) is 23.1 Å². The Morgan fingerprint density at radius 1 is 1.13 bits per heavy atom. The van der Waals surface area contributed by atoms with E-state index in [1.165, 1.54) is 34.5 Å². The van der Waals surface area contributed by atoms with Crippen molar-refractivity contribution in [3.8, 4) is 11.4 Å². The Labute approximate surface area is 177 Å². The zero-order chi connectivity index (χ0) is 21.9. The summed E-state index contributed by atoms with van der Waals surface area (Å²) in [4.78, 5) is 22.3. The number of aromatic nitrogens is 3. The maximum Gasteiger partial charge on any atom is 0.269 e. The van der Waals surface area contributed by atoms with E-state index in [4.69, 9.17) is 5.84 Å². The van der Waals surface area contributed by atoms with E-state index in [1.807, 2.05) is 24.3 Å². The van der Waals surface area contributed by atoms with E-state index in [-0.39, 0.29) is 22.8 Å². The molecule has 10 heteroatoms. The number of hydrogen-bond donors (Lipinski definition) is 2. The van der Waals surface area contributed by atoms with Gasteiger partial charge in [-0.1, -0.05) is 56.8 Å². The molecule has 0 spiro atoms. The Kier molecular flexibility index (Phi) is 6.06. The van der Waals surface area contributed by atoms with Crippen molar-refractivity contribution in [2.75, 3.05) is 16.9 Å². The molecule has 156 valence electrons. The van der Waals surface area contributed by atoms with Crippen molar-refractivity contribution in [2.45, 2.75) is 31.3 Å². The number of nitrogens with one attached hydrogen (secondary N) is 1. The lowest BCUT2D eigenvalue weighted by atomic mass is 9.87. The van der Waals surface area contributed by atoms with Crippen LogP contribution >= 0.6 is 11.8 Å². The number of rotatable bonds is 6. The van der Waals surface area contributed by atoms with E-state index in [2.05, 4.69) is 36.3 Å². The molecule has 0 saturated heterocycles. The third-order valence-corrected chi connectivity index (χ3v) is 5.31. The molecule has 2 aromatic carbocycles. The largest absolute Gasteiger partial charge is 0.335 e. The highest BCUT2D eigenvalue weighted by molar-refractivity contribution is 7.99. The molecule has 9 nitrogen and oxygen atoms in total. The summed E-state index contributed by atoms with van der Waals surface area (Å²) >= 11 is 1.15. The maximum absolute atomic E-state index is 12.2. The number of hydrogen-bond acceptors (Lipinski definition) is 7. The summed E-state index contributed by atoms with van der Waals surface area (Å²) in [5.74, 6) is 6.41. The number of nitrogens with two attached hydrogens (primary N) is 1. The minimum absolute atomic E-state index is 0.0401. The number of nitro benzene ring substituents is 1. The van der Waals surface area contributed by atoms with Crippen LogP contribution in [0.2, 0.25) is 0 Å². The zero-order valence-electron chi connectivity index (χ0n) is 16.8. The molecule has 30 heavy (non-hydrogen) atoms. The molecule has 0 bridgehead atoms. The van der Waals surface area contributed by atoms with Crippen LogP contribution in [0, 0.1) is 10.1 Å². The summed E-state index contributed by atoms with van der Waals surface area (Å²) in [7, 11) is 0. The average molecular weight is 427 g/mol. The van der Waals surface area contributed by atoms with Crippen LogP contribution < -0.4 is 11.2 Å². The first-order chi connectivity index (χ1) is 14.1. The second-order valence-corrected chi connectivity index (χ2v) is 8.59. The number of carbonyl (C=O) groups is 1. The maximum atomic E-state index is 12.2. The highest BCUT2D eigenvalue weighted by atomic mass is 32.2. The first kappa shape index (κ1) is 21.3. The van der Waals surface area contributed by atoms with Gasteiger partial charge in [0.1, 0.15) is 0 Å². The quantitative estimate of drug-likeness (QED) is 0.267. The van der Waals surface area contributed by atoms with Crippen LogP contribution in [0.1, 0.15) is 26.3 Å². The Balaban J connectivity index is 1.62. The number of non-ortho nitro benzene ring substituents is 1. The molecule has 3 N–H and O–H groups in total. The van der Waals surface area contributed by atoms with E-state index in [1.54, 1.807) is 0 Å². The summed E-state index contributed by atoms with van der Waals surface area (Å²) in [5, 5.41) is 22.0. The third kappa shape index (κ3) is 4.95. The van der Waals surface area contributed by atoms with Crippen molar-refractivity contribution in [1.29, 1.82) is 0 Å². The van der Waals surface area contributed by atoms with Crippen molar-refractivity contribution < 1.29 is 9.72 Å². The molecule has 1 heterocycles. The van der Waals surface area contributed by atoms with Gasteiger partial charge in [-0.2, -0.15) is 0 Å². The molecule has 1 aromatic heterocycles. The fourth-order valence-electron chi connectivity index (χ4n) is 2.69. The molecule has 3 aromatic rings. The van der Waals surface area contributed by atoms with Gasteiger partial charge in [0.2, 0.25) is 11.1 Å². The number of anilines is 1. The monoisotopic (exact) mass is 426 g/mol. The smallest absolute Gasteiger partial charge is 0.269 e. The summed E-state index contributed by atoms with van der Waals surface area (Å²) in [5.41, 5.74) is 2.52. The van der Waals surface area contributed by atoms with Crippen LogP contribution in [-0.2, 0) is 10.2 Å². The van der Waals surface area contributed by atoms with Gasteiger partial charge >= 0.3 is 0 Å². The minimum atomic E-state index is -0.496. The average Bonchev–Trinajstić information content (AvgIpc) is 3.06. The predicted octanol–water partition coefficient (Wildman–Crippen LogP) is 3.60. The topological polar surface area (TPSA) is 129 Å². The molecule has 0 aliphatic carbocycles. The Morgan fingerprint density at radius 2 is 1.77 bits per heavy atom. The molecule has 0 atom stereocenters. The molecule has 3 rings (SSSR count). The lowest BCUT2D eigenvalue weighted by molar-refractivity contribution is -0.384. The fourth-order valence-corrected chi connectivity index (χ4v) is 3.34. The lowest BCUT2D eigenvalue weighted by Gasteiger charge is -2.19. The molecular formula is C20H22N6O3S. The Hall–Kier alpha value is -3.40. The van der Waals surface area contributed by atoms with Gasteiger partial charge in [-0.3, -0.25) is 14.9 Å². The zero-order valence-corrected chi connectivity index (χ0v) is 17.6. The van der Waals surface area contributed by atoms with Crippen molar-refractivity contribution in [3.05, 3.63) is 64.2 Å². The van der Waals surface area contributed by atoms with E-state index in [0.717, 1.165) is 17.3 Å². The first-order valence-electron chi connectivity index (χ1n) is 9.13. The van der Waals surface area contributed by atoms with Gasteiger partial charge in [0.25, 0.3) is 5.69 Å². The van der Waals surface area contributed by atoms with Gasteiger partial charge < -0.3 is 11.2 Å². The van der Waals surface area contributed by atoms with Crippen molar-refractivity contribution in [2.24, 2.45) is 0 Å². The Morgan fingerprint density at radius 3 is 2.33 bits per heavy atom. The van der Waals surface area contributed by atoms with Crippen molar-refractivity contribution >= 4 is 29.0 Å². The van der Waals surface area contributed by atoms with Crippen LogP contribution in [-0.4, -0.2) is 31.5 Å². The second kappa shape index (κ2) is 8.54. The van der Waals surface area contributed by atoms with Crippen molar-refractivity contribution in [1.82, 2.24) is 14.9 Å². The standard InChI is InChI=1S/C20H22N6O3S/c1-20(2,3)14-6-4-13(5-7-14)18-23-24-19(25(18)21)30-12-17(27)22-15-8-10-16(11-9-15)26(28)29/h4-11H,12,21H2,1-3H3,(H,22,27). The normalized spacial score (nSPS) is 11.3. The van der Waals surface area contributed by atoms with Crippen LogP contribution in [0.5, 0.6) is 0 Å². The summed E-state index contributed by atoms with van der Waals surface area (Å²) in [6, 6.07) is 13.6. The Bertz CT molecular complexity index is 1060. The first-order valence-corrected chi connectivity index (χ1v) is 10.1.